The van der Waals surface area contributed by atoms with Crippen LogP contribution < -0.4 is 10.6 Å². The molecule has 0 atom stereocenters. The molecule has 4 heteroatoms. The second kappa shape index (κ2) is 3.92. The standard InChI is InChI=1S/C10H16N4/c1-14(9-3-2-4-9)10-8(5-11)6-12-7-13-10/h6-7,9H,2-5,11H2,1H3. The Morgan fingerprint density at radius 1 is 1.57 bits per heavy atom. The predicted molar refractivity (Wildman–Crippen MR) is 56.0 cm³/mol. The van der Waals surface area contributed by atoms with E-state index in [2.05, 4.69) is 21.9 Å². The van der Waals surface area contributed by atoms with Gasteiger partial charge in [0, 0.05) is 31.4 Å². The molecule has 2 rings (SSSR count). The summed E-state index contributed by atoms with van der Waals surface area (Å²) >= 11 is 0. The molecule has 0 radical (unpaired) electrons. The van der Waals surface area contributed by atoms with Crippen LogP contribution in [0.2, 0.25) is 0 Å². The average Bonchev–Trinajstić information content (AvgIpc) is 2.15. The van der Waals surface area contributed by atoms with E-state index in [-0.39, 0.29) is 0 Å². The number of nitrogens with two attached hydrogens (primary N) is 1. The minimum Gasteiger partial charge on any atom is -0.356 e. The molecule has 0 bridgehead atoms. The van der Waals surface area contributed by atoms with Crippen molar-refractivity contribution in [2.24, 2.45) is 5.73 Å². The number of nitrogens with zero attached hydrogens (tertiary/aromatic N) is 3. The van der Waals surface area contributed by atoms with Crippen molar-refractivity contribution in [3.05, 3.63) is 18.1 Å². The molecule has 0 amide bonds. The smallest absolute Gasteiger partial charge is 0.136 e. The molecular formula is C10H16N4. The van der Waals surface area contributed by atoms with Gasteiger partial charge in [-0.3, -0.25) is 0 Å². The van der Waals surface area contributed by atoms with Crippen molar-refractivity contribution in [3.8, 4) is 0 Å². The summed E-state index contributed by atoms with van der Waals surface area (Å²) < 4.78 is 0. The zero-order valence-electron chi connectivity index (χ0n) is 8.48. The quantitative estimate of drug-likeness (QED) is 0.774. The predicted octanol–water partition coefficient (Wildman–Crippen LogP) is 0.924. The summed E-state index contributed by atoms with van der Waals surface area (Å²) in [6.07, 6.45) is 7.26. The summed E-state index contributed by atoms with van der Waals surface area (Å²) in [5.74, 6) is 0.993. The molecule has 14 heavy (non-hydrogen) atoms. The summed E-state index contributed by atoms with van der Waals surface area (Å²) in [5, 5.41) is 0. The summed E-state index contributed by atoms with van der Waals surface area (Å²) in [6.45, 7) is 0.507. The van der Waals surface area contributed by atoms with Crippen LogP contribution in [-0.4, -0.2) is 23.1 Å². The number of hydrogen-bond donors (Lipinski definition) is 1. The third-order valence-electron chi connectivity index (χ3n) is 2.94. The van der Waals surface area contributed by atoms with E-state index in [1.54, 1.807) is 12.5 Å². The van der Waals surface area contributed by atoms with Gasteiger partial charge < -0.3 is 10.6 Å². The van der Waals surface area contributed by atoms with Gasteiger partial charge in [0.25, 0.3) is 0 Å². The van der Waals surface area contributed by atoms with Gasteiger partial charge in [-0.25, -0.2) is 9.97 Å². The highest BCUT2D eigenvalue weighted by atomic mass is 15.2. The molecule has 1 aromatic heterocycles. The summed E-state index contributed by atoms with van der Waals surface area (Å²) in [5.41, 5.74) is 6.67. The van der Waals surface area contributed by atoms with Gasteiger partial charge in [-0.2, -0.15) is 0 Å². The molecule has 1 fully saturated rings. The molecule has 0 unspecified atom stereocenters. The van der Waals surface area contributed by atoms with Gasteiger partial charge in [-0.05, 0) is 19.3 Å². The van der Waals surface area contributed by atoms with Crippen LogP contribution in [0.4, 0.5) is 5.82 Å². The maximum Gasteiger partial charge on any atom is 0.136 e. The highest BCUT2D eigenvalue weighted by molar-refractivity contribution is 5.45. The normalized spacial score (nSPS) is 16.4. The summed E-state index contributed by atoms with van der Waals surface area (Å²) in [6, 6.07) is 0.648. The van der Waals surface area contributed by atoms with Crippen LogP contribution in [0, 0.1) is 0 Å². The number of aromatic nitrogens is 2. The number of rotatable bonds is 3. The van der Waals surface area contributed by atoms with E-state index < -0.39 is 0 Å². The lowest BCUT2D eigenvalue weighted by Gasteiger charge is -2.36. The van der Waals surface area contributed by atoms with E-state index >= 15 is 0 Å². The lowest BCUT2D eigenvalue weighted by atomic mass is 9.92. The Kier molecular flexibility index (Phi) is 2.63. The summed E-state index contributed by atoms with van der Waals surface area (Å²) in [7, 11) is 2.09. The molecular weight excluding hydrogens is 176 g/mol. The lowest BCUT2D eigenvalue weighted by molar-refractivity contribution is 0.398. The van der Waals surface area contributed by atoms with Gasteiger partial charge in [0.1, 0.15) is 12.1 Å². The second-order valence-corrected chi connectivity index (χ2v) is 3.77. The minimum atomic E-state index is 0.507. The van der Waals surface area contributed by atoms with Crippen molar-refractivity contribution in [1.29, 1.82) is 0 Å². The van der Waals surface area contributed by atoms with Crippen molar-refractivity contribution in [2.75, 3.05) is 11.9 Å². The SMILES string of the molecule is CN(c1ncncc1CN)C1CCC1. The Bertz CT molecular complexity index is 309. The molecule has 76 valence electrons. The van der Waals surface area contributed by atoms with Gasteiger partial charge in [-0.15, -0.1) is 0 Å². The first-order valence-electron chi connectivity index (χ1n) is 5.04. The topological polar surface area (TPSA) is 55.0 Å². The van der Waals surface area contributed by atoms with Crippen LogP contribution in [0.1, 0.15) is 24.8 Å². The molecule has 1 aromatic rings. The van der Waals surface area contributed by atoms with Gasteiger partial charge >= 0.3 is 0 Å². The fourth-order valence-electron chi connectivity index (χ4n) is 1.76. The van der Waals surface area contributed by atoms with Crippen molar-refractivity contribution in [3.63, 3.8) is 0 Å². The molecule has 0 aliphatic heterocycles. The van der Waals surface area contributed by atoms with Crippen LogP contribution in [-0.2, 0) is 6.54 Å². The van der Waals surface area contributed by atoms with E-state index in [1.807, 2.05) is 0 Å². The van der Waals surface area contributed by atoms with Crippen molar-refractivity contribution in [2.45, 2.75) is 31.8 Å². The third-order valence-corrected chi connectivity index (χ3v) is 2.94. The lowest BCUT2D eigenvalue weighted by Crippen LogP contribution is -2.38. The molecule has 1 heterocycles. The van der Waals surface area contributed by atoms with Crippen LogP contribution in [0.15, 0.2) is 12.5 Å². The Morgan fingerprint density at radius 2 is 2.36 bits per heavy atom. The second-order valence-electron chi connectivity index (χ2n) is 3.77. The Hall–Kier alpha value is -1.16. The molecule has 1 aliphatic rings. The summed E-state index contributed by atoms with van der Waals surface area (Å²) in [4.78, 5) is 10.5. The van der Waals surface area contributed by atoms with Crippen LogP contribution in [0.3, 0.4) is 0 Å². The largest absolute Gasteiger partial charge is 0.356 e. The molecule has 0 saturated heterocycles. The van der Waals surface area contributed by atoms with Gasteiger partial charge in [-0.1, -0.05) is 0 Å². The zero-order valence-corrected chi connectivity index (χ0v) is 8.48. The van der Waals surface area contributed by atoms with E-state index in [0.29, 0.717) is 12.6 Å². The Balaban J connectivity index is 2.20. The van der Waals surface area contributed by atoms with Gasteiger partial charge in [0.05, 0.1) is 0 Å². The zero-order chi connectivity index (χ0) is 9.97. The maximum absolute atomic E-state index is 5.64. The van der Waals surface area contributed by atoms with Crippen LogP contribution in [0.25, 0.3) is 0 Å². The van der Waals surface area contributed by atoms with Crippen LogP contribution >= 0.6 is 0 Å². The highest BCUT2D eigenvalue weighted by Crippen LogP contribution is 2.28. The molecule has 2 N–H and O–H groups in total. The minimum absolute atomic E-state index is 0.507. The Labute approximate surface area is 84.2 Å². The van der Waals surface area contributed by atoms with Crippen LogP contribution in [0.5, 0.6) is 0 Å². The monoisotopic (exact) mass is 192 g/mol. The first-order chi connectivity index (χ1) is 6.83. The fraction of sp³-hybridized carbons (Fsp3) is 0.600. The van der Waals surface area contributed by atoms with E-state index in [0.717, 1.165) is 11.4 Å². The molecule has 1 saturated carbocycles. The van der Waals surface area contributed by atoms with Crippen molar-refractivity contribution >= 4 is 5.82 Å². The third kappa shape index (κ3) is 1.57. The number of anilines is 1. The average molecular weight is 192 g/mol. The Morgan fingerprint density at radius 3 is 2.93 bits per heavy atom. The van der Waals surface area contributed by atoms with E-state index in [4.69, 9.17) is 5.73 Å². The number of hydrogen-bond acceptors (Lipinski definition) is 4. The molecule has 0 spiro atoms. The molecule has 1 aliphatic carbocycles. The highest BCUT2D eigenvalue weighted by Gasteiger charge is 2.24. The van der Waals surface area contributed by atoms with Gasteiger partial charge in [0.2, 0.25) is 0 Å². The van der Waals surface area contributed by atoms with Crippen molar-refractivity contribution < 1.29 is 0 Å². The van der Waals surface area contributed by atoms with Crippen molar-refractivity contribution in [1.82, 2.24) is 9.97 Å². The molecule has 4 nitrogen and oxygen atoms in total. The first-order valence-corrected chi connectivity index (χ1v) is 5.04. The molecule has 0 aromatic carbocycles. The van der Waals surface area contributed by atoms with E-state index in [1.165, 1.54) is 19.3 Å². The van der Waals surface area contributed by atoms with E-state index in [9.17, 15) is 0 Å². The van der Waals surface area contributed by atoms with Gasteiger partial charge in [0.15, 0.2) is 0 Å². The first kappa shape index (κ1) is 9.40. The maximum atomic E-state index is 5.64. The fourth-order valence-corrected chi connectivity index (χ4v) is 1.76.